The number of nitrogens with zero attached hydrogens (tertiary/aromatic N) is 3. The first-order valence-electron chi connectivity index (χ1n) is 15.9. The first-order chi connectivity index (χ1) is 22.8. The first-order valence-corrected chi connectivity index (χ1v) is 16.7. The lowest BCUT2D eigenvalue weighted by molar-refractivity contribution is -0.0549. The third-order valence-corrected chi connectivity index (χ3v) is 9.72. The summed E-state index contributed by atoms with van der Waals surface area (Å²) in [5, 5.41) is 29.2. The monoisotopic (exact) mass is 677 g/mol. The van der Waals surface area contributed by atoms with Crippen LogP contribution in [0.5, 0.6) is 11.5 Å². The Bertz CT molecular complexity index is 1610. The molecule has 0 saturated carbocycles. The highest BCUT2D eigenvalue weighted by Gasteiger charge is 2.51. The average molecular weight is 679 g/mol. The maximum atomic E-state index is 10.0. The largest absolute Gasteiger partial charge is 0.488 e. The standard InChI is InChI=1S/C37H41Cl2N3O5/c1-36(39)32(30-9-3-2-4-10-30)11-5-12-37(36,47-15-7-14-42-13-6-8-27(22-42)23-43)26-46-35-18-34(31(24-44)17-33(35)38)45-25-29-16-28(19-40)20-41-21-29/h2-5,9-12,16-18,20-21,27,43-44H,6-8,13-15,22-26H2,1H3. The fourth-order valence-corrected chi connectivity index (χ4v) is 6.78. The van der Waals surface area contributed by atoms with Crippen molar-refractivity contribution in [3.63, 3.8) is 0 Å². The zero-order chi connectivity index (χ0) is 33.3. The molecule has 1 saturated heterocycles. The minimum Gasteiger partial charge on any atom is -0.488 e. The summed E-state index contributed by atoms with van der Waals surface area (Å²) in [4.78, 5) is 5.47. The molecule has 2 aromatic carbocycles. The molecule has 0 amide bonds. The van der Waals surface area contributed by atoms with Crippen LogP contribution in [0.4, 0.5) is 0 Å². The first kappa shape index (κ1) is 34.9. The molecule has 1 fully saturated rings. The van der Waals surface area contributed by atoms with Crippen molar-refractivity contribution >= 4 is 28.8 Å². The van der Waals surface area contributed by atoms with Gasteiger partial charge in [0.2, 0.25) is 0 Å². The van der Waals surface area contributed by atoms with Gasteiger partial charge in [0.05, 0.1) is 17.2 Å². The second-order valence-electron chi connectivity index (χ2n) is 12.2. The molecule has 0 spiro atoms. The minimum absolute atomic E-state index is 0.0513. The van der Waals surface area contributed by atoms with Gasteiger partial charge in [-0.3, -0.25) is 4.98 Å². The number of hydrogen-bond acceptors (Lipinski definition) is 8. The van der Waals surface area contributed by atoms with Gasteiger partial charge in [-0.1, -0.05) is 54.1 Å². The van der Waals surface area contributed by atoms with E-state index in [4.69, 9.17) is 37.4 Å². The predicted molar refractivity (Wildman–Crippen MR) is 184 cm³/mol. The van der Waals surface area contributed by atoms with Gasteiger partial charge < -0.3 is 29.3 Å². The summed E-state index contributed by atoms with van der Waals surface area (Å²) in [6, 6.07) is 17.0. The van der Waals surface area contributed by atoms with Crippen LogP contribution in [0.25, 0.3) is 5.57 Å². The minimum atomic E-state index is -1.06. The third kappa shape index (κ3) is 8.36. The SMILES string of the molecule is CC1(Cl)C(c2ccccc2)=CC=CC1(COc1cc(OCc2cncc(C#N)c2)c(CO)cc1Cl)OCCCN1CCCC(CO)C1. The molecule has 1 aliphatic carbocycles. The van der Waals surface area contributed by atoms with Crippen molar-refractivity contribution in [3.8, 4) is 17.6 Å². The number of pyridine rings is 1. The molecule has 3 aromatic rings. The zero-order valence-electron chi connectivity index (χ0n) is 26.6. The van der Waals surface area contributed by atoms with E-state index in [1.165, 1.54) is 6.20 Å². The van der Waals surface area contributed by atoms with Crippen molar-refractivity contribution in [1.82, 2.24) is 9.88 Å². The van der Waals surface area contributed by atoms with E-state index in [1.54, 1.807) is 24.4 Å². The van der Waals surface area contributed by atoms with Crippen LogP contribution in [0, 0.1) is 17.2 Å². The number of halogens is 2. The fraction of sp³-hybridized carbons (Fsp3) is 0.405. The maximum absolute atomic E-state index is 10.0. The van der Waals surface area contributed by atoms with Crippen molar-refractivity contribution < 1.29 is 24.4 Å². The van der Waals surface area contributed by atoms with Gasteiger partial charge >= 0.3 is 0 Å². The molecule has 5 rings (SSSR count). The number of allylic oxidation sites excluding steroid dienone is 2. The second kappa shape index (κ2) is 16.1. The van der Waals surface area contributed by atoms with Crippen LogP contribution in [-0.4, -0.2) is 70.0 Å². The molecule has 0 radical (unpaired) electrons. The molecule has 8 nitrogen and oxygen atoms in total. The highest BCUT2D eigenvalue weighted by Crippen LogP contribution is 2.47. The molecule has 248 valence electrons. The Hall–Kier alpha value is -3.42. The Kier molecular flexibility index (Phi) is 12.0. The topological polar surface area (TPSA) is 108 Å². The van der Waals surface area contributed by atoms with Gasteiger partial charge in [0.25, 0.3) is 0 Å². The van der Waals surface area contributed by atoms with Gasteiger partial charge in [-0.25, -0.2) is 0 Å². The van der Waals surface area contributed by atoms with Gasteiger partial charge in [-0.2, -0.15) is 5.26 Å². The van der Waals surface area contributed by atoms with Crippen LogP contribution < -0.4 is 9.47 Å². The zero-order valence-corrected chi connectivity index (χ0v) is 28.1. The van der Waals surface area contributed by atoms with E-state index in [-0.39, 0.29) is 26.4 Å². The molecule has 2 heterocycles. The second-order valence-corrected chi connectivity index (χ2v) is 13.4. The molecular formula is C37H41Cl2N3O5. The van der Waals surface area contributed by atoms with Crippen LogP contribution >= 0.6 is 23.2 Å². The van der Waals surface area contributed by atoms with Gasteiger partial charge in [-0.15, -0.1) is 11.6 Å². The highest BCUT2D eigenvalue weighted by atomic mass is 35.5. The van der Waals surface area contributed by atoms with Crippen LogP contribution in [0.3, 0.4) is 0 Å². The van der Waals surface area contributed by atoms with E-state index < -0.39 is 10.5 Å². The molecule has 0 bridgehead atoms. The van der Waals surface area contributed by atoms with E-state index in [1.807, 2.05) is 55.5 Å². The lowest BCUT2D eigenvalue weighted by atomic mass is 9.76. The van der Waals surface area contributed by atoms with Crippen molar-refractivity contribution in [2.45, 2.75) is 49.9 Å². The molecular weight excluding hydrogens is 637 g/mol. The number of alkyl halides is 1. The summed E-state index contributed by atoms with van der Waals surface area (Å²) in [6.45, 7) is 5.28. The summed E-state index contributed by atoms with van der Waals surface area (Å²) >= 11 is 14.2. The van der Waals surface area contributed by atoms with Crippen molar-refractivity contribution in [1.29, 1.82) is 5.26 Å². The van der Waals surface area contributed by atoms with E-state index in [9.17, 15) is 15.5 Å². The fourth-order valence-electron chi connectivity index (χ4n) is 6.20. The normalized spacial score (nSPS) is 22.8. The van der Waals surface area contributed by atoms with Crippen molar-refractivity contribution in [2.75, 3.05) is 39.5 Å². The number of ether oxygens (including phenoxy) is 3. The smallest absolute Gasteiger partial charge is 0.143 e. The van der Waals surface area contributed by atoms with Crippen LogP contribution in [0.1, 0.15) is 48.4 Å². The van der Waals surface area contributed by atoms with E-state index in [0.717, 1.165) is 50.0 Å². The molecule has 2 aliphatic rings. The number of aliphatic hydroxyl groups is 2. The molecule has 47 heavy (non-hydrogen) atoms. The third-order valence-electron chi connectivity index (χ3n) is 8.90. The lowest BCUT2D eigenvalue weighted by Crippen LogP contribution is -2.55. The molecule has 3 atom stereocenters. The quantitative estimate of drug-likeness (QED) is 0.146. The molecule has 10 heteroatoms. The van der Waals surface area contributed by atoms with Gasteiger partial charge in [0.15, 0.2) is 0 Å². The molecule has 2 N–H and O–H groups in total. The lowest BCUT2D eigenvalue weighted by Gasteiger charge is -2.45. The summed E-state index contributed by atoms with van der Waals surface area (Å²) in [7, 11) is 0. The summed E-state index contributed by atoms with van der Waals surface area (Å²) < 4.78 is 19.2. The Morgan fingerprint density at radius 2 is 1.94 bits per heavy atom. The van der Waals surface area contributed by atoms with Gasteiger partial charge in [-0.05, 0) is 68.0 Å². The maximum Gasteiger partial charge on any atom is 0.143 e. The van der Waals surface area contributed by atoms with Crippen LogP contribution in [0.15, 0.2) is 79.2 Å². The van der Waals surface area contributed by atoms with Gasteiger partial charge in [0, 0.05) is 55.9 Å². The number of aliphatic hydroxyl groups excluding tert-OH is 2. The van der Waals surface area contributed by atoms with Crippen LogP contribution in [0.2, 0.25) is 5.02 Å². The highest BCUT2D eigenvalue weighted by molar-refractivity contribution is 6.32. The molecule has 1 aromatic heterocycles. The summed E-state index contributed by atoms with van der Waals surface area (Å²) in [5.41, 5.74) is 2.46. The summed E-state index contributed by atoms with van der Waals surface area (Å²) in [5.74, 6) is 1.07. The Labute approximate surface area is 286 Å². The molecule has 3 unspecified atom stereocenters. The average Bonchev–Trinajstić information content (AvgIpc) is 3.10. The number of likely N-dealkylation sites (tertiary alicyclic amines) is 1. The Morgan fingerprint density at radius 1 is 1.11 bits per heavy atom. The van der Waals surface area contributed by atoms with E-state index in [0.29, 0.717) is 45.7 Å². The summed E-state index contributed by atoms with van der Waals surface area (Å²) in [6.07, 6.45) is 12.0. The number of aromatic nitrogens is 1. The van der Waals surface area contributed by atoms with Gasteiger partial charge in [0.1, 0.15) is 41.3 Å². The Balaban J connectivity index is 1.36. The predicted octanol–water partition coefficient (Wildman–Crippen LogP) is 6.56. The molecule has 1 aliphatic heterocycles. The van der Waals surface area contributed by atoms with Crippen molar-refractivity contribution in [2.24, 2.45) is 5.92 Å². The number of nitriles is 1. The number of piperidine rings is 1. The van der Waals surface area contributed by atoms with Crippen molar-refractivity contribution in [3.05, 3.63) is 106 Å². The van der Waals surface area contributed by atoms with E-state index in [2.05, 4.69) is 16.0 Å². The number of benzene rings is 2. The number of hydrogen-bond donors (Lipinski definition) is 2. The Morgan fingerprint density at radius 3 is 2.70 bits per heavy atom. The van der Waals surface area contributed by atoms with Crippen LogP contribution in [-0.2, 0) is 18.0 Å². The van der Waals surface area contributed by atoms with E-state index >= 15 is 0 Å². The number of rotatable bonds is 14.